The summed E-state index contributed by atoms with van der Waals surface area (Å²) >= 11 is 0. The molecule has 0 saturated carbocycles. The molecule has 80 valence electrons. The third-order valence-corrected chi connectivity index (χ3v) is 1.31. The molecule has 0 aromatic heterocycles. The Labute approximate surface area is 86.9 Å². The standard InChI is InChI=1S/C12H20O2/c1-10(2)6-13-8-12(5)9-14-7-11(3)4/h1,3,5-9H2,2,4H3. The van der Waals surface area contributed by atoms with E-state index in [1.165, 1.54) is 0 Å². The summed E-state index contributed by atoms with van der Waals surface area (Å²) in [7, 11) is 0. The van der Waals surface area contributed by atoms with Gasteiger partial charge in [-0.15, -0.1) is 0 Å². The average Bonchev–Trinajstić information content (AvgIpc) is 2.02. The molecule has 0 unspecified atom stereocenters. The molecular weight excluding hydrogens is 176 g/mol. The molecule has 0 heterocycles. The Morgan fingerprint density at radius 1 is 0.786 bits per heavy atom. The second-order valence-electron chi connectivity index (χ2n) is 3.65. The van der Waals surface area contributed by atoms with Gasteiger partial charge in [0, 0.05) is 0 Å². The van der Waals surface area contributed by atoms with E-state index in [-0.39, 0.29) is 0 Å². The van der Waals surface area contributed by atoms with Gasteiger partial charge in [-0.25, -0.2) is 0 Å². The predicted molar refractivity (Wildman–Crippen MR) is 60.4 cm³/mol. The van der Waals surface area contributed by atoms with Crippen LogP contribution in [0.4, 0.5) is 0 Å². The van der Waals surface area contributed by atoms with Crippen LogP contribution < -0.4 is 0 Å². The summed E-state index contributed by atoms with van der Waals surface area (Å²) in [6.07, 6.45) is 0. The van der Waals surface area contributed by atoms with Crippen molar-refractivity contribution in [2.24, 2.45) is 0 Å². The maximum atomic E-state index is 5.31. The molecule has 0 atom stereocenters. The minimum Gasteiger partial charge on any atom is -0.373 e. The quantitative estimate of drug-likeness (QED) is 0.556. The zero-order chi connectivity index (χ0) is 11.0. The van der Waals surface area contributed by atoms with E-state index >= 15 is 0 Å². The van der Waals surface area contributed by atoms with Gasteiger partial charge in [-0.1, -0.05) is 30.9 Å². The van der Waals surface area contributed by atoms with Crippen LogP contribution in [-0.2, 0) is 9.47 Å². The third-order valence-electron chi connectivity index (χ3n) is 1.31. The molecular formula is C12H20O2. The number of ether oxygens (including phenoxy) is 2. The zero-order valence-electron chi connectivity index (χ0n) is 9.27. The van der Waals surface area contributed by atoms with E-state index in [0.29, 0.717) is 26.4 Å². The largest absolute Gasteiger partial charge is 0.373 e. The number of hydrogen-bond acceptors (Lipinski definition) is 2. The Bertz CT molecular complexity index is 194. The lowest BCUT2D eigenvalue weighted by molar-refractivity contribution is 0.141. The highest BCUT2D eigenvalue weighted by atomic mass is 16.5. The fourth-order valence-electron chi connectivity index (χ4n) is 0.781. The van der Waals surface area contributed by atoms with Crippen LogP contribution in [0.3, 0.4) is 0 Å². The zero-order valence-corrected chi connectivity index (χ0v) is 9.27. The SMILES string of the molecule is C=C(C)COCC(=C)COCC(=C)C. The van der Waals surface area contributed by atoms with Crippen molar-refractivity contribution >= 4 is 0 Å². The molecule has 14 heavy (non-hydrogen) atoms. The monoisotopic (exact) mass is 196 g/mol. The molecule has 0 amide bonds. The van der Waals surface area contributed by atoms with E-state index < -0.39 is 0 Å². The van der Waals surface area contributed by atoms with Gasteiger partial charge in [-0.3, -0.25) is 0 Å². The Balaban J connectivity index is 3.37. The predicted octanol–water partition coefficient (Wildman–Crippen LogP) is 2.73. The molecule has 0 rings (SSSR count). The molecule has 2 nitrogen and oxygen atoms in total. The lowest BCUT2D eigenvalue weighted by Gasteiger charge is -2.07. The maximum Gasteiger partial charge on any atom is 0.0700 e. The minimum absolute atomic E-state index is 0.531. The van der Waals surface area contributed by atoms with Crippen LogP contribution in [0.1, 0.15) is 13.8 Å². The normalized spacial score (nSPS) is 9.86. The van der Waals surface area contributed by atoms with Crippen LogP contribution >= 0.6 is 0 Å². The molecule has 0 aromatic carbocycles. The topological polar surface area (TPSA) is 18.5 Å². The van der Waals surface area contributed by atoms with Gasteiger partial charge in [0.25, 0.3) is 0 Å². The van der Waals surface area contributed by atoms with E-state index in [9.17, 15) is 0 Å². The van der Waals surface area contributed by atoms with Gasteiger partial charge in [-0.2, -0.15) is 0 Å². The van der Waals surface area contributed by atoms with Crippen LogP contribution in [0.5, 0.6) is 0 Å². The Kier molecular flexibility index (Phi) is 7.07. The lowest BCUT2D eigenvalue weighted by Crippen LogP contribution is -2.06. The lowest BCUT2D eigenvalue weighted by atomic mass is 10.3. The molecule has 0 aromatic rings. The van der Waals surface area contributed by atoms with Crippen molar-refractivity contribution in [1.82, 2.24) is 0 Å². The van der Waals surface area contributed by atoms with E-state index in [4.69, 9.17) is 9.47 Å². The summed E-state index contributed by atoms with van der Waals surface area (Å²) in [5, 5.41) is 0. The van der Waals surface area contributed by atoms with Gasteiger partial charge in [-0.05, 0) is 19.4 Å². The van der Waals surface area contributed by atoms with E-state index in [1.807, 2.05) is 13.8 Å². The van der Waals surface area contributed by atoms with Gasteiger partial charge < -0.3 is 9.47 Å². The molecule has 0 aliphatic carbocycles. The summed E-state index contributed by atoms with van der Waals surface area (Å²) in [5.74, 6) is 0. The van der Waals surface area contributed by atoms with Gasteiger partial charge in [0.15, 0.2) is 0 Å². The Morgan fingerprint density at radius 2 is 1.14 bits per heavy atom. The number of rotatable bonds is 8. The second kappa shape index (κ2) is 7.54. The highest BCUT2D eigenvalue weighted by Gasteiger charge is 1.95. The molecule has 0 N–H and O–H groups in total. The second-order valence-corrected chi connectivity index (χ2v) is 3.65. The maximum absolute atomic E-state index is 5.31. The van der Waals surface area contributed by atoms with Crippen molar-refractivity contribution in [1.29, 1.82) is 0 Å². The summed E-state index contributed by atoms with van der Waals surface area (Å²) < 4.78 is 10.6. The van der Waals surface area contributed by atoms with Crippen molar-refractivity contribution in [3.05, 3.63) is 36.5 Å². The highest BCUT2D eigenvalue weighted by molar-refractivity contribution is 4.97. The fraction of sp³-hybridized carbons (Fsp3) is 0.500. The summed E-state index contributed by atoms with van der Waals surface area (Å²) in [6.45, 7) is 17.4. The first-order valence-corrected chi connectivity index (χ1v) is 4.63. The molecule has 0 saturated heterocycles. The van der Waals surface area contributed by atoms with Gasteiger partial charge >= 0.3 is 0 Å². The van der Waals surface area contributed by atoms with Crippen molar-refractivity contribution in [3.63, 3.8) is 0 Å². The Hall–Kier alpha value is -0.860. The van der Waals surface area contributed by atoms with Crippen LogP contribution in [-0.4, -0.2) is 26.4 Å². The molecule has 2 heteroatoms. The fourth-order valence-corrected chi connectivity index (χ4v) is 0.781. The van der Waals surface area contributed by atoms with Crippen LogP contribution in [0.25, 0.3) is 0 Å². The highest BCUT2D eigenvalue weighted by Crippen LogP contribution is 1.97. The van der Waals surface area contributed by atoms with Crippen molar-refractivity contribution < 1.29 is 9.47 Å². The van der Waals surface area contributed by atoms with Crippen molar-refractivity contribution in [2.75, 3.05) is 26.4 Å². The van der Waals surface area contributed by atoms with Crippen LogP contribution in [0.2, 0.25) is 0 Å². The van der Waals surface area contributed by atoms with Gasteiger partial charge in [0.05, 0.1) is 26.4 Å². The van der Waals surface area contributed by atoms with Crippen molar-refractivity contribution in [2.45, 2.75) is 13.8 Å². The first kappa shape index (κ1) is 13.1. The summed E-state index contributed by atoms with van der Waals surface area (Å²) in [6, 6.07) is 0. The Morgan fingerprint density at radius 3 is 1.43 bits per heavy atom. The van der Waals surface area contributed by atoms with Crippen LogP contribution in [0, 0.1) is 0 Å². The molecule has 0 bridgehead atoms. The molecule has 0 radical (unpaired) electrons. The third kappa shape index (κ3) is 9.23. The smallest absolute Gasteiger partial charge is 0.0700 e. The molecule has 0 fully saturated rings. The summed E-state index contributed by atoms with van der Waals surface area (Å²) in [5.41, 5.74) is 2.97. The van der Waals surface area contributed by atoms with E-state index in [2.05, 4.69) is 19.7 Å². The first-order valence-electron chi connectivity index (χ1n) is 4.63. The average molecular weight is 196 g/mol. The van der Waals surface area contributed by atoms with E-state index in [1.54, 1.807) is 0 Å². The first-order chi connectivity index (χ1) is 6.52. The van der Waals surface area contributed by atoms with Gasteiger partial charge in [0.2, 0.25) is 0 Å². The molecule has 0 aliphatic rings. The molecule has 0 aliphatic heterocycles. The summed E-state index contributed by atoms with van der Waals surface area (Å²) in [4.78, 5) is 0. The number of hydrogen-bond donors (Lipinski definition) is 0. The van der Waals surface area contributed by atoms with Crippen molar-refractivity contribution in [3.8, 4) is 0 Å². The van der Waals surface area contributed by atoms with E-state index in [0.717, 1.165) is 16.7 Å². The minimum atomic E-state index is 0.531. The van der Waals surface area contributed by atoms with Gasteiger partial charge in [0.1, 0.15) is 0 Å². The van der Waals surface area contributed by atoms with Crippen LogP contribution in [0.15, 0.2) is 36.5 Å². The molecule has 0 spiro atoms.